The molecule has 1 aliphatic rings. The Morgan fingerprint density at radius 3 is 2.61 bits per heavy atom. The summed E-state index contributed by atoms with van der Waals surface area (Å²) < 4.78 is 16.5. The fraction of sp³-hybridized carbons (Fsp3) is 0.364. The minimum atomic E-state index is -0.0697. The number of hydrogen-bond acceptors (Lipinski definition) is 5. The van der Waals surface area contributed by atoms with Gasteiger partial charge in [0.2, 0.25) is 5.89 Å². The molecule has 3 aromatic rings. The molecule has 4 rings (SSSR count). The van der Waals surface area contributed by atoms with Crippen LogP contribution in [0.15, 0.2) is 47.1 Å². The summed E-state index contributed by atoms with van der Waals surface area (Å²) in [7, 11) is 1.65. The van der Waals surface area contributed by atoms with Gasteiger partial charge in [-0.2, -0.15) is 0 Å². The summed E-state index contributed by atoms with van der Waals surface area (Å²) in [4.78, 5) is 18.7. The van der Waals surface area contributed by atoms with Gasteiger partial charge in [0.05, 0.1) is 7.11 Å². The summed E-state index contributed by atoms with van der Waals surface area (Å²) in [5.74, 6) is 2.50. The van der Waals surface area contributed by atoms with Crippen molar-refractivity contribution in [3.63, 3.8) is 0 Å². The van der Waals surface area contributed by atoms with Gasteiger partial charge < -0.3 is 18.8 Å². The van der Waals surface area contributed by atoms with Crippen molar-refractivity contribution in [3.8, 4) is 11.5 Å². The summed E-state index contributed by atoms with van der Waals surface area (Å²) in [5, 5.41) is 2.13. The predicted molar refractivity (Wildman–Crippen MR) is 106 cm³/mol. The summed E-state index contributed by atoms with van der Waals surface area (Å²) >= 11 is 0. The summed E-state index contributed by atoms with van der Waals surface area (Å²) in [6.45, 7) is 3.94. The standard InChI is InChI=1S/C22H24N2O4/c1-15-7-9-24(10-8-15)22(25)20-13-28-21(23-20)14-27-19-6-4-16-3-5-18(26-2)11-17(16)12-19/h3-6,11-13,15H,7-10,14H2,1-2H3. The molecule has 0 unspecified atom stereocenters. The molecule has 0 saturated carbocycles. The Kier molecular flexibility index (Phi) is 5.19. The first-order chi connectivity index (χ1) is 13.6. The number of nitrogens with zero attached hydrogens (tertiary/aromatic N) is 2. The van der Waals surface area contributed by atoms with Crippen LogP contribution in [0, 0.1) is 5.92 Å². The largest absolute Gasteiger partial charge is 0.497 e. The number of fused-ring (bicyclic) bond motifs is 1. The van der Waals surface area contributed by atoms with Gasteiger partial charge in [0.25, 0.3) is 5.91 Å². The second-order valence-corrected chi connectivity index (χ2v) is 7.26. The van der Waals surface area contributed by atoms with Crippen LogP contribution in [-0.2, 0) is 6.61 Å². The van der Waals surface area contributed by atoms with Crippen LogP contribution >= 0.6 is 0 Å². The van der Waals surface area contributed by atoms with Crippen molar-refractivity contribution in [2.24, 2.45) is 5.92 Å². The Hall–Kier alpha value is -3.02. The zero-order valence-electron chi connectivity index (χ0n) is 16.2. The molecule has 146 valence electrons. The van der Waals surface area contributed by atoms with E-state index >= 15 is 0 Å². The summed E-state index contributed by atoms with van der Waals surface area (Å²) in [5.41, 5.74) is 0.344. The van der Waals surface area contributed by atoms with Crippen LogP contribution in [0.4, 0.5) is 0 Å². The summed E-state index contributed by atoms with van der Waals surface area (Å²) in [6, 6.07) is 11.7. The van der Waals surface area contributed by atoms with E-state index in [-0.39, 0.29) is 12.5 Å². The van der Waals surface area contributed by atoms with Crippen molar-refractivity contribution in [2.75, 3.05) is 20.2 Å². The lowest BCUT2D eigenvalue weighted by molar-refractivity contribution is 0.0691. The van der Waals surface area contributed by atoms with Gasteiger partial charge in [0.15, 0.2) is 12.3 Å². The Labute approximate surface area is 164 Å². The topological polar surface area (TPSA) is 64.8 Å². The molecule has 0 aliphatic carbocycles. The lowest BCUT2D eigenvalue weighted by Crippen LogP contribution is -2.38. The Bertz CT molecular complexity index is 974. The van der Waals surface area contributed by atoms with Crippen molar-refractivity contribution >= 4 is 16.7 Å². The van der Waals surface area contributed by atoms with Gasteiger partial charge >= 0.3 is 0 Å². The maximum atomic E-state index is 12.6. The first-order valence-corrected chi connectivity index (χ1v) is 9.56. The molecule has 0 bridgehead atoms. The van der Waals surface area contributed by atoms with Gasteiger partial charge in [-0.25, -0.2) is 4.98 Å². The highest BCUT2D eigenvalue weighted by Gasteiger charge is 2.23. The Morgan fingerprint density at radius 2 is 1.86 bits per heavy atom. The third-order valence-electron chi connectivity index (χ3n) is 5.22. The minimum absolute atomic E-state index is 0.0697. The molecule has 1 amide bonds. The van der Waals surface area contributed by atoms with Gasteiger partial charge in [-0.1, -0.05) is 19.1 Å². The highest BCUT2D eigenvalue weighted by molar-refractivity contribution is 5.92. The molecule has 1 aromatic heterocycles. The first kappa shape index (κ1) is 18.3. The fourth-order valence-electron chi connectivity index (χ4n) is 3.41. The van der Waals surface area contributed by atoms with Crippen LogP contribution in [-0.4, -0.2) is 36.0 Å². The van der Waals surface area contributed by atoms with E-state index in [1.165, 1.54) is 6.26 Å². The molecule has 1 saturated heterocycles. The smallest absolute Gasteiger partial charge is 0.275 e. The van der Waals surface area contributed by atoms with E-state index in [9.17, 15) is 4.79 Å². The lowest BCUT2D eigenvalue weighted by Gasteiger charge is -2.29. The number of carbonyl (C=O) groups is 1. The van der Waals surface area contributed by atoms with Crippen molar-refractivity contribution in [3.05, 3.63) is 54.2 Å². The van der Waals surface area contributed by atoms with Crippen LogP contribution < -0.4 is 9.47 Å². The average molecular weight is 380 g/mol. The molecule has 1 fully saturated rings. The van der Waals surface area contributed by atoms with E-state index in [2.05, 4.69) is 11.9 Å². The number of aromatic nitrogens is 1. The van der Waals surface area contributed by atoms with Crippen LogP contribution in [0.3, 0.4) is 0 Å². The van der Waals surface area contributed by atoms with Crippen LogP contribution in [0.5, 0.6) is 11.5 Å². The molecule has 2 aromatic carbocycles. The summed E-state index contributed by atoms with van der Waals surface area (Å²) in [6.07, 6.45) is 3.49. The lowest BCUT2D eigenvalue weighted by atomic mass is 9.99. The molecule has 1 aliphatic heterocycles. The average Bonchev–Trinajstić information content (AvgIpc) is 3.20. The van der Waals surface area contributed by atoms with Gasteiger partial charge in [-0.3, -0.25) is 4.79 Å². The van der Waals surface area contributed by atoms with Gasteiger partial charge in [0.1, 0.15) is 17.8 Å². The molecule has 0 radical (unpaired) electrons. The molecule has 6 nitrogen and oxygen atoms in total. The van der Waals surface area contributed by atoms with Crippen molar-refractivity contribution in [1.29, 1.82) is 0 Å². The Balaban J connectivity index is 1.40. The SMILES string of the molecule is COc1ccc2ccc(OCc3nc(C(=O)N4CCC(C)CC4)co3)cc2c1. The zero-order valence-corrected chi connectivity index (χ0v) is 16.2. The van der Waals surface area contributed by atoms with Gasteiger partial charge in [-0.05, 0) is 53.8 Å². The molecule has 0 atom stereocenters. The fourth-order valence-corrected chi connectivity index (χ4v) is 3.41. The quantitative estimate of drug-likeness (QED) is 0.661. The number of rotatable bonds is 5. The second-order valence-electron chi connectivity index (χ2n) is 7.26. The molecule has 6 heteroatoms. The molecular formula is C22H24N2O4. The number of carbonyl (C=O) groups excluding carboxylic acids is 1. The number of methoxy groups -OCH3 is 1. The number of ether oxygens (including phenoxy) is 2. The van der Waals surface area contributed by atoms with E-state index in [1.54, 1.807) is 7.11 Å². The second kappa shape index (κ2) is 7.92. The number of amides is 1. The van der Waals surface area contributed by atoms with E-state index in [1.807, 2.05) is 41.3 Å². The van der Waals surface area contributed by atoms with Gasteiger partial charge in [-0.15, -0.1) is 0 Å². The molecule has 0 spiro atoms. The maximum Gasteiger partial charge on any atom is 0.275 e. The Morgan fingerprint density at radius 1 is 1.14 bits per heavy atom. The number of likely N-dealkylation sites (tertiary alicyclic amines) is 1. The van der Waals surface area contributed by atoms with E-state index in [0.717, 1.165) is 42.5 Å². The third-order valence-corrected chi connectivity index (χ3v) is 5.22. The maximum absolute atomic E-state index is 12.6. The van der Waals surface area contributed by atoms with Crippen molar-refractivity contribution in [2.45, 2.75) is 26.4 Å². The van der Waals surface area contributed by atoms with Crippen LogP contribution in [0.1, 0.15) is 36.1 Å². The number of oxazole rings is 1. The van der Waals surface area contributed by atoms with Crippen molar-refractivity contribution in [1.82, 2.24) is 9.88 Å². The molecule has 2 heterocycles. The molecule has 0 N–H and O–H groups in total. The highest BCUT2D eigenvalue weighted by atomic mass is 16.5. The van der Waals surface area contributed by atoms with E-state index in [4.69, 9.17) is 13.9 Å². The van der Waals surface area contributed by atoms with E-state index in [0.29, 0.717) is 23.3 Å². The van der Waals surface area contributed by atoms with E-state index < -0.39 is 0 Å². The van der Waals surface area contributed by atoms with Crippen LogP contribution in [0.25, 0.3) is 10.8 Å². The van der Waals surface area contributed by atoms with Crippen molar-refractivity contribution < 1.29 is 18.7 Å². The van der Waals surface area contributed by atoms with Gasteiger partial charge in [0, 0.05) is 13.1 Å². The first-order valence-electron chi connectivity index (χ1n) is 9.56. The molecular weight excluding hydrogens is 356 g/mol. The van der Waals surface area contributed by atoms with Crippen LogP contribution in [0.2, 0.25) is 0 Å². The minimum Gasteiger partial charge on any atom is -0.497 e. The monoisotopic (exact) mass is 380 g/mol. The number of hydrogen-bond donors (Lipinski definition) is 0. The zero-order chi connectivity index (χ0) is 19.5. The number of piperidine rings is 1. The predicted octanol–water partition coefficient (Wildman–Crippen LogP) is 4.29. The molecule has 28 heavy (non-hydrogen) atoms. The third kappa shape index (κ3) is 3.96. The highest BCUT2D eigenvalue weighted by Crippen LogP contribution is 2.25. The normalized spacial score (nSPS) is 15.0. The number of benzene rings is 2.